The molecule has 0 amide bonds. The molecule has 1 N–H and O–H groups in total. The summed E-state index contributed by atoms with van der Waals surface area (Å²) in [4.78, 5) is 30.9. The monoisotopic (exact) mass is 320 g/mol. The number of carbonyl (C=O) groups is 1. The normalized spacial score (nSPS) is 19.1. The number of carboxylic acid groups (broad SMARTS) is 1. The van der Waals surface area contributed by atoms with Crippen molar-refractivity contribution in [3.63, 3.8) is 0 Å². The first-order chi connectivity index (χ1) is 10.4. The Balaban J connectivity index is 2.31. The molecule has 0 aromatic carbocycles. The van der Waals surface area contributed by atoms with E-state index in [1.54, 1.807) is 11.3 Å². The lowest BCUT2D eigenvalue weighted by Crippen LogP contribution is -2.32. The van der Waals surface area contributed by atoms with Gasteiger partial charge in [-0.05, 0) is 37.7 Å². The molecule has 0 aliphatic heterocycles. The van der Waals surface area contributed by atoms with Crippen LogP contribution in [0.1, 0.15) is 49.5 Å². The topological polar surface area (TPSA) is 72.2 Å². The van der Waals surface area contributed by atoms with E-state index >= 15 is 0 Å². The fourth-order valence-electron chi connectivity index (χ4n) is 3.20. The van der Waals surface area contributed by atoms with Gasteiger partial charge in [0.15, 0.2) is 0 Å². The summed E-state index contributed by atoms with van der Waals surface area (Å²) in [5.74, 6) is 0.182. The van der Waals surface area contributed by atoms with Gasteiger partial charge in [-0.2, -0.15) is 0 Å². The number of aromatic nitrogens is 2. The number of hydrogen-bond donors (Lipinski definition) is 1. The Labute approximate surface area is 132 Å². The molecule has 0 saturated carbocycles. The second-order valence-electron chi connectivity index (χ2n) is 6.10. The third-order valence-electron chi connectivity index (χ3n) is 4.50. The van der Waals surface area contributed by atoms with Crippen molar-refractivity contribution in [3.05, 3.63) is 26.6 Å². The zero-order valence-electron chi connectivity index (χ0n) is 13.0. The Hall–Kier alpha value is -1.69. The van der Waals surface area contributed by atoms with Gasteiger partial charge in [-0.3, -0.25) is 9.36 Å². The number of nitrogens with zero attached hydrogens (tertiary/aromatic N) is 2. The van der Waals surface area contributed by atoms with Crippen molar-refractivity contribution in [1.82, 2.24) is 9.55 Å². The van der Waals surface area contributed by atoms with Gasteiger partial charge < -0.3 is 5.11 Å². The number of hydrogen-bond acceptors (Lipinski definition) is 4. The first kappa shape index (κ1) is 15.2. The minimum Gasteiger partial charge on any atom is -0.480 e. The fraction of sp³-hybridized carbons (Fsp3) is 0.562. The minimum atomic E-state index is -1.00. The average Bonchev–Trinajstić information content (AvgIpc) is 2.83. The number of fused-ring (bicyclic) bond motifs is 3. The maximum atomic E-state index is 12.9. The van der Waals surface area contributed by atoms with Gasteiger partial charge in [-0.25, -0.2) is 9.78 Å². The zero-order chi connectivity index (χ0) is 16.0. The van der Waals surface area contributed by atoms with E-state index in [4.69, 9.17) is 0 Å². The maximum Gasteiger partial charge on any atom is 0.326 e. The standard InChI is InChI=1S/C16H20N2O3S/c1-4-12-17-14-13(15(19)18(12)9(3)16(20)21)10-6-5-8(2)7-11(10)22-14/h8-9H,4-7H2,1-3H3,(H,20,21). The molecule has 3 rings (SSSR count). The van der Waals surface area contributed by atoms with Gasteiger partial charge in [0, 0.05) is 11.3 Å². The quantitative estimate of drug-likeness (QED) is 0.944. The van der Waals surface area contributed by atoms with Gasteiger partial charge in [0.05, 0.1) is 5.39 Å². The Kier molecular flexibility index (Phi) is 3.80. The van der Waals surface area contributed by atoms with Gasteiger partial charge in [0.25, 0.3) is 5.56 Å². The lowest BCUT2D eigenvalue weighted by Gasteiger charge is -2.18. The van der Waals surface area contributed by atoms with Gasteiger partial charge in [-0.15, -0.1) is 11.3 Å². The number of carboxylic acids is 1. The highest BCUT2D eigenvalue weighted by molar-refractivity contribution is 7.18. The van der Waals surface area contributed by atoms with Crippen LogP contribution in [0, 0.1) is 5.92 Å². The molecule has 0 spiro atoms. The number of rotatable bonds is 3. The molecule has 2 aromatic rings. The smallest absolute Gasteiger partial charge is 0.326 e. The predicted octanol–water partition coefficient (Wildman–Crippen LogP) is 2.79. The summed E-state index contributed by atoms with van der Waals surface area (Å²) in [6.45, 7) is 5.66. The highest BCUT2D eigenvalue weighted by Crippen LogP contribution is 2.36. The molecule has 1 aliphatic rings. The van der Waals surface area contributed by atoms with Gasteiger partial charge >= 0.3 is 5.97 Å². The lowest BCUT2D eigenvalue weighted by atomic mass is 9.89. The van der Waals surface area contributed by atoms with Crippen LogP contribution in [0.15, 0.2) is 4.79 Å². The summed E-state index contributed by atoms with van der Waals surface area (Å²) >= 11 is 1.60. The summed E-state index contributed by atoms with van der Waals surface area (Å²) in [5.41, 5.74) is 0.911. The van der Waals surface area contributed by atoms with E-state index in [0.717, 1.165) is 29.7 Å². The molecule has 118 valence electrons. The number of aliphatic carboxylic acids is 1. The van der Waals surface area contributed by atoms with Crippen LogP contribution in [0.4, 0.5) is 0 Å². The molecule has 6 heteroatoms. The maximum absolute atomic E-state index is 12.9. The van der Waals surface area contributed by atoms with Crippen LogP contribution < -0.4 is 5.56 Å². The predicted molar refractivity (Wildman–Crippen MR) is 86.8 cm³/mol. The van der Waals surface area contributed by atoms with E-state index in [2.05, 4.69) is 11.9 Å². The largest absolute Gasteiger partial charge is 0.480 e. The first-order valence-electron chi connectivity index (χ1n) is 7.72. The van der Waals surface area contributed by atoms with E-state index in [1.807, 2.05) is 6.92 Å². The molecular formula is C16H20N2O3S. The summed E-state index contributed by atoms with van der Waals surface area (Å²) in [7, 11) is 0. The molecule has 2 heterocycles. The third-order valence-corrected chi connectivity index (χ3v) is 5.64. The van der Waals surface area contributed by atoms with Crippen molar-refractivity contribution in [3.8, 4) is 0 Å². The Morgan fingerprint density at radius 3 is 2.91 bits per heavy atom. The van der Waals surface area contributed by atoms with Gasteiger partial charge in [0.1, 0.15) is 16.7 Å². The molecule has 0 bridgehead atoms. The highest BCUT2D eigenvalue weighted by Gasteiger charge is 2.26. The van der Waals surface area contributed by atoms with Crippen LogP contribution in [0.25, 0.3) is 10.2 Å². The molecule has 0 saturated heterocycles. The summed E-state index contributed by atoms with van der Waals surface area (Å²) < 4.78 is 1.36. The average molecular weight is 320 g/mol. The van der Waals surface area contributed by atoms with E-state index in [1.165, 1.54) is 16.4 Å². The molecule has 0 radical (unpaired) electrons. The number of thiophene rings is 1. The van der Waals surface area contributed by atoms with Crippen molar-refractivity contribution in [2.24, 2.45) is 5.92 Å². The van der Waals surface area contributed by atoms with Crippen molar-refractivity contribution < 1.29 is 9.90 Å². The number of aryl methyl sites for hydroxylation is 2. The molecule has 1 aliphatic carbocycles. The van der Waals surface area contributed by atoms with Crippen molar-refractivity contribution >= 4 is 27.5 Å². The van der Waals surface area contributed by atoms with Crippen molar-refractivity contribution in [1.29, 1.82) is 0 Å². The van der Waals surface area contributed by atoms with Crippen LogP contribution in [-0.2, 0) is 24.1 Å². The molecule has 22 heavy (non-hydrogen) atoms. The molecule has 5 nitrogen and oxygen atoms in total. The fourth-order valence-corrected chi connectivity index (χ4v) is 4.60. The summed E-state index contributed by atoms with van der Waals surface area (Å²) in [5, 5.41) is 9.94. The third kappa shape index (κ3) is 2.26. The van der Waals surface area contributed by atoms with Crippen molar-refractivity contribution in [2.45, 2.75) is 52.5 Å². The van der Waals surface area contributed by atoms with Gasteiger partial charge in [-0.1, -0.05) is 13.8 Å². The van der Waals surface area contributed by atoms with Crippen LogP contribution in [-0.4, -0.2) is 20.6 Å². The van der Waals surface area contributed by atoms with Crippen LogP contribution in [0.2, 0.25) is 0 Å². The Morgan fingerprint density at radius 1 is 1.55 bits per heavy atom. The minimum absolute atomic E-state index is 0.191. The summed E-state index contributed by atoms with van der Waals surface area (Å²) in [6, 6.07) is -0.891. The van der Waals surface area contributed by atoms with Crippen LogP contribution in [0.5, 0.6) is 0 Å². The zero-order valence-corrected chi connectivity index (χ0v) is 13.9. The van der Waals surface area contributed by atoms with E-state index in [0.29, 0.717) is 23.5 Å². The first-order valence-corrected chi connectivity index (χ1v) is 8.54. The van der Waals surface area contributed by atoms with Gasteiger partial charge in [0.2, 0.25) is 0 Å². The second-order valence-corrected chi connectivity index (χ2v) is 7.19. The highest BCUT2D eigenvalue weighted by atomic mass is 32.1. The SMILES string of the molecule is CCc1nc2sc3c(c2c(=O)n1C(C)C(=O)O)CCC(C)C3. The molecular weight excluding hydrogens is 300 g/mol. The lowest BCUT2D eigenvalue weighted by molar-refractivity contribution is -0.140. The molecule has 2 unspecified atom stereocenters. The second kappa shape index (κ2) is 5.50. The van der Waals surface area contributed by atoms with Crippen LogP contribution in [0.3, 0.4) is 0 Å². The Morgan fingerprint density at radius 2 is 2.27 bits per heavy atom. The Bertz CT molecular complexity index is 806. The summed E-state index contributed by atoms with van der Waals surface area (Å²) in [6.07, 6.45) is 3.50. The molecule has 2 atom stereocenters. The van der Waals surface area contributed by atoms with E-state index in [9.17, 15) is 14.7 Å². The molecule has 2 aromatic heterocycles. The molecule has 0 fully saturated rings. The van der Waals surface area contributed by atoms with E-state index in [-0.39, 0.29) is 5.56 Å². The van der Waals surface area contributed by atoms with Crippen LogP contribution >= 0.6 is 11.3 Å². The van der Waals surface area contributed by atoms with E-state index < -0.39 is 12.0 Å². The van der Waals surface area contributed by atoms with Crippen molar-refractivity contribution in [2.75, 3.05) is 0 Å².